The zero-order valence-electron chi connectivity index (χ0n) is 14.4. The second-order valence-corrected chi connectivity index (χ2v) is 6.21. The van der Waals surface area contributed by atoms with Crippen molar-refractivity contribution in [1.29, 1.82) is 0 Å². The molecule has 4 aromatic rings. The summed E-state index contributed by atoms with van der Waals surface area (Å²) in [7, 11) is 0. The Morgan fingerprint density at radius 3 is 2.11 bits per heavy atom. The molecule has 138 valence electrons. The van der Waals surface area contributed by atoms with Crippen LogP contribution in [0.5, 0.6) is 0 Å². The van der Waals surface area contributed by atoms with Crippen molar-refractivity contribution in [1.82, 2.24) is 4.57 Å². The van der Waals surface area contributed by atoms with Gasteiger partial charge >= 0.3 is 5.97 Å². The van der Waals surface area contributed by atoms with Crippen LogP contribution in [0.3, 0.4) is 0 Å². The average Bonchev–Trinajstić information content (AvgIpc) is 3.07. The third-order valence-corrected chi connectivity index (χ3v) is 4.54. The SMILES string of the molecule is O=C(O)c1ccc(-n2cc(C(=O)c3c(F)cccc3F)c3ccccc32)cc1. The predicted octanol–water partition coefficient (Wildman–Crippen LogP) is 4.84. The predicted molar refractivity (Wildman–Crippen MR) is 100 cm³/mol. The van der Waals surface area contributed by atoms with Gasteiger partial charge in [0.25, 0.3) is 0 Å². The molecule has 1 heterocycles. The van der Waals surface area contributed by atoms with Crippen molar-refractivity contribution in [2.45, 2.75) is 0 Å². The van der Waals surface area contributed by atoms with Gasteiger partial charge in [0, 0.05) is 22.8 Å². The first-order valence-corrected chi connectivity index (χ1v) is 8.40. The third-order valence-electron chi connectivity index (χ3n) is 4.54. The highest BCUT2D eigenvalue weighted by atomic mass is 19.1. The van der Waals surface area contributed by atoms with Crippen LogP contribution in [0.25, 0.3) is 16.6 Å². The molecule has 4 nitrogen and oxygen atoms in total. The first-order chi connectivity index (χ1) is 13.5. The van der Waals surface area contributed by atoms with Crippen molar-refractivity contribution in [3.63, 3.8) is 0 Å². The van der Waals surface area contributed by atoms with Crippen LogP contribution in [0.2, 0.25) is 0 Å². The summed E-state index contributed by atoms with van der Waals surface area (Å²) in [5.74, 6) is -3.65. The van der Waals surface area contributed by atoms with Crippen molar-refractivity contribution in [3.05, 3.63) is 101 Å². The summed E-state index contributed by atoms with van der Waals surface area (Å²) in [5, 5.41) is 9.59. The highest BCUT2D eigenvalue weighted by molar-refractivity contribution is 6.17. The zero-order valence-corrected chi connectivity index (χ0v) is 14.4. The van der Waals surface area contributed by atoms with Gasteiger partial charge < -0.3 is 9.67 Å². The number of aromatic carboxylic acids is 1. The van der Waals surface area contributed by atoms with Gasteiger partial charge in [-0.3, -0.25) is 4.79 Å². The number of benzene rings is 3. The van der Waals surface area contributed by atoms with E-state index < -0.39 is 29.0 Å². The van der Waals surface area contributed by atoms with Gasteiger partial charge in [-0.1, -0.05) is 24.3 Å². The fourth-order valence-corrected chi connectivity index (χ4v) is 3.19. The molecule has 1 aromatic heterocycles. The summed E-state index contributed by atoms with van der Waals surface area (Å²) in [6, 6.07) is 16.4. The lowest BCUT2D eigenvalue weighted by molar-refractivity contribution is 0.0696. The van der Waals surface area contributed by atoms with E-state index in [4.69, 9.17) is 5.11 Å². The Kier molecular flexibility index (Phi) is 4.24. The molecular formula is C22H13F2NO3. The highest BCUT2D eigenvalue weighted by Gasteiger charge is 2.23. The van der Waals surface area contributed by atoms with Crippen LogP contribution in [0.4, 0.5) is 8.78 Å². The number of carbonyl (C=O) groups excluding carboxylic acids is 1. The van der Waals surface area contributed by atoms with Gasteiger partial charge in [0.05, 0.1) is 16.6 Å². The Morgan fingerprint density at radius 1 is 0.821 bits per heavy atom. The quantitative estimate of drug-likeness (QED) is 0.518. The second kappa shape index (κ2) is 6.74. The number of fused-ring (bicyclic) bond motifs is 1. The van der Waals surface area contributed by atoms with E-state index in [1.54, 1.807) is 41.0 Å². The van der Waals surface area contributed by atoms with Crippen LogP contribution in [0.15, 0.2) is 72.9 Å². The molecule has 0 aliphatic carbocycles. The topological polar surface area (TPSA) is 59.3 Å². The Balaban J connectivity index is 1.90. The molecule has 0 spiro atoms. The standard InChI is InChI=1S/C22H13F2NO3/c23-17-5-3-6-18(24)20(17)21(26)16-12-25(19-7-2-1-4-15(16)19)14-10-8-13(9-11-14)22(27)28/h1-12H,(H,27,28). The van der Waals surface area contributed by atoms with Crippen LogP contribution < -0.4 is 0 Å². The van der Waals surface area contributed by atoms with Gasteiger partial charge in [0.2, 0.25) is 5.78 Å². The number of carboxylic acid groups (broad SMARTS) is 1. The monoisotopic (exact) mass is 377 g/mol. The van der Waals surface area contributed by atoms with Crippen molar-refractivity contribution < 1.29 is 23.5 Å². The average molecular weight is 377 g/mol. The summed E-state index contributed by atoms with van der Waals surface area (Å²) in [6.07, 6.45) is 1.51. The molecule has 0 fully saturated rings. The summed E-state index contributed by atoms with van der Waals surface area (Å²) < 4.78 is 29.9. The van der Waals surface area contributed by atoms with Gasteiger partial charge in [0.1, 0.15) is 11.6 Å². The molecule has 0 aliphatic heterocycles. The number of rotatable bonds is 4. The summed E-state index contributed by atoms with van der Waals surface area (Å²) in [4.78, 5) is 24.0. The molecule has 28 heavy (non-hydrogen) atoms. The Labute approximate surface area is 158 Å². The Hall–Kier alpha value is -3.80. The van der Waals surface area contributed by atoms with Gasteiger partial charge in [-0.2, -0.15) is 0 Å². The number of ketones is 1. The number of carbonyl (C=O) groups is 2. The van der Waals surface area contributed by atoms with Gasteiger partial charge in [0.15, 0.2) is 0 Å². The maximum atomic E-state index is 14.1. The Bertz CT molecular complexity index is 1210. The van der Waals surface area contributed by atoms with Crippen LogP contribution in [0.1, 0.15) is 26.3 Å². The number of nitrogens with zero attached hydrogens (tertiary/aromatic N) is 1. The molecule has 0 atom stereocenters. The molecule has 0 amide bonds. The highest BCUT2D eigenvalue weighted by Crippen LogP contribution is 2.28. The maximum absolute atomic E-state index is 14.1. The van der Waals surface area contributed by atoms with Gasteiger partial charge in [-0.05, 0) is 42.5 Å². The molecule has 0 aliphatic rings. The van der Waals surface area contributed by atoms with E-state index in [1.165, 1.54) is 24.4 Å². The number of halogens is 2. The minimum absolute atomic E-state index is 0.130. The largest absolute Gasteiger partial charge is 0.478 e. The summed E-state index contributed by atoms with van der Waals surface area (Å²) >= 11 is 0. The van der Waals surface area contributed by atoms with E-state index in [0.717, 1.165) is 12.1 Å². The summed E-state index contributed by atoms with van der Waals surface area (Å²) in [5.41, 5.74) is 0.957. The van der Waals surface area contributed by atoms with Crippen molar-refractivity contribution in [3.8, 4) is 5.69 Å². The molecule has 6 heteroatoms. The molecule has 1 N–H and O–H groups in total. The zero-order chi connectivity index (χ0) is 19.8. The molecule has 0 radical (unpaired) electrons. The number of carboxylic acids is 1. The normalized spacial score (nSPS) is 10.9. The lowest BCUT2D eigenvalue weighted by atomic mass is 10.0. The third kappa shape index (κ3) is 2.85. The first-order valence-electron chi connectivity index (χ1n) is 8.40. The number of hydrogen-bond acceptors (Lipinski definition) is 2. The Morgan fingerprint density at radius 2 is 1.46 bits per heavy atom. The minimum atomic E-state index is -1.05. The van der Waals surface area contributed by atoms with Crippen molar-refractivity contribution in [2.24, 2.45) is 0 Å². The molecule has 4 rings (SSSR count). The van der Waals surface area contributed by atoms with E-state index >= 15 is 0 Å². The van der Waals surface area contributed by atoms with Crippen LogP contribution in [-0.4, -0.2) is 21.4 Å². The molecule has 0 saturated heterocycles. The molecule has 0 saturated carbocycles. The number of para-hydroxylation sites is 1. The number of aromatic nitrogens is 1. The van der Waals surface area contributed by atoms with E-state index in [2.05, 4.69) is 0 Å². The van der Waals surface area contributed by atoms with Gasteiger partial charge in [-0.15, -0.1) is 0 Å². The van der Waals surface area contributed by atoms with Crippen LogP contribution >= 0.6 is 0 Å². The minimum Gasteiger partial charge on any atom is -0.478 e. The summed E-state index contributed by atoms with van der Waals surface area (Å²) in [6.45, 7) is 0. The number of hydrogen-bond donors (Lipinski definition) is 1. The second-order valence-electron chi connectivity index (χ2n) is 6.21. The lowest BCUT2D eigenvalue weighted by Crippen LogP contribution is -2.07. The van der Waals surface area contributed by atoms with Gasteiger partial charge in [-0.25, -0.2) is 13.6 Å². The van der Waals surface area contributed by atoms with E-state index in [-0.39, 0.29) is 11.1 Å². The first kappa shape index (κ1) is 17.6. The fourth-order valence-electron chi connectivity index (χ4n) is 3.19. The fraction of sp³-hybridized carbons (Fsp3) is 0. The van der Waals surface area contributed by atoms with Crippen molar-refractivity contribution in [2.75, 3.05) is 0 Å². The molecule has 0 unspecified atom stereocenters. The lowest BCUT2D eigenvalue weighted by Gasteiger charge is -2.05. The van der Waals surface area contributed by atoms with E-state index in [9.17, 15) is 18.4 Å². The van der Waals surface area contributed by atoms with Crippen LogP contribution in [-0.2, 0) is 0 Å². The smallest absolute Gasteiger partial charge is 0.335 e. The van der Waals surface area contributed by atoms with E-state index in [1.807, 2.05) is 0 Å². The molecule has 3 aromatic carbocycles. The maximum Gasteiger partial charge on any atom is 0.335 e. The molecule has 0 bridgehead atoms. The van der Waals surface area contributed by atoms with Crippen molar-refractivity contribution >= 4 is 22.7 Å². The van der Waals surface area contributed by atoms with Crippen LogP contribution in [0, 0.1) is 11.6 Å². The molecular weight excluding hydrogens is 364 g/mol. The van der Waals surface area contributed by atoms with E-state index in [0.29, 0.717) is 16.6 Å².